The van der Waals surface area contributed by atoms with Gasteiger partial charge in [0, 0.05) is 12.2 Å². The molecule has 0 atom stereocenters. The van der Waals surface area contributed by atoms with Crippen LogP contribution in [0.3, 0.4) is 0 Å². The van der Waals surface area contributed by atoms with Crippen molar-refractivity contribution in [3.05, 3.63) is 29.8 Å². The molecule has 0 heterocycles. The Morgan fingerprint density at radius 3 is 2.69 bits per heavy atom. The number of anilines is 1. The third-order valence-electron chi connectivity index (χ3n) is 1.90. The van der Waals surface area contributed by atoms with Crippen molar-refractivity contribution in [3.63, 3.8) is 0 Å². The second-order valence-electron chi connectivity index (χ2n) is 2.92. The first kappa shape index (κ1) is 9.99. The first-order valence-corrected chi connectivity index (χ1v) is 4.69. The number of hydrogen-bond acceptors (Lipinski definition) is 1. The lowest BCUT2D eigenvalue weighted by Crippen LogP contribution is -2.35. The minimum atomic E-state index is 0.424. The van der Waals surface area contributed by atoms with Crippen molar-refractivity contribution in [1.29, 1.82) is 0 Å². The van der Waals surface area contributed by atoms with Crippen LogP contribution in [-0.2, 0) is 0 Å². The highest BCUT2D eigenvalue weighted by Gasteiger charge is 2.05. The van der Waals surface area contributed by atoms with E-state index in [-0.39, 0.29) is 0 Å². The molecule has 1 aromatic rings. The standard InChI is InChI=1S/C10H14N2S/c1-3-12(10(11)13)9-6-4-5-8(2)7-9/h4-7H,3H2,1-2H3,(H2,11,13). The Kier molecular flexibility index (Phi) is 3.25. The van der Waals surface area contributed by atoms with Gasteiger partial charge >= 0.3 is 0 Å². The van der Waals surface area contributed by atoms with E-state index in [9.17, 15) is 0 Å². The molecule has 0 spiro atoms. The minimum absolute atomic E-state index is 0.424. The predicted molar refractivity (Wildman–Crippen MR) is 61.0 cm³/mol. The minimum Gasteiger partial charge on any atom is -0.376 e. The van der Waals surface area contributed by atoms with Crippen LogP contribution in [0, 0.1) is 6.92 Å². The summed E-state index contributed by atoms with van der Waals surface area (Å²) in [7, 11) is 0. The summed E-state index contributed by atoms with van der Waals surface area (Å²) >= 11 is 4.95. The fourth-order valence-electron chi connectivity index (χ4n) is 1.26. The molecule has 0 amide bonds. The first-order valence-electron chi connectivity index (χ1n) is 4.28. The molecular formula is C10H14N2S. The molecule has 0 aliphatic rings. The third kappa shape index (κ3) is 2.42. The molecule has 0 fully saturated rings. The molecule has 2 N–H and O–H groups in total. The summed E-state index contributed by atoms with van der Waals surface area (Å²) in [5.41, 5.74) is 7.87. The monoisotopic (exact) mass is 194 g/mol. The van der Waals surface area contributed by atoms with E-state index in [1.807, 2.05) is 24.0 Å². The SMILES string of the molecule is CCN(C(N)=S)c1cccc(C)c1. The summed E-state index contributed by atoms with van der Waals surface area (Å²) in [6, 6.07) is 8.14. The number of benzene rings is 1. The Hall–Kier alpha value is -1.09. The summed E-state index contributed by atoms with van der Waals surface area (Å²) in [6.07, 6.45) is 0. The molecule has 0 bridgehead atoms. The number of hydrogen-bond donors (Lipinski definition) is 1. The molecule has 3 heteroatoms. The van der Waals surface area contributed by atoms with E-state index in [4.69, 9.17) is 18.0 Å². The fraction of sp³-hybridized carbons (Fsp3) is 0.300. The summed E-state index contributed by atoms with van der Waals surface area (Å²) < 4.78 is 0. The Bertz CT molecular complexity index is 310. The van der Waals surface area contributed by atoms with Crippen LogP contribution in [0.15, 0.2) is 24.3 Å². The molecule has 0 radical (unpaired) electrons. The van der Waals surface area contributed by atoms with E-state index in [0.29, 0.717) is 5.11 Å². The van der Waals surface area contributed by atoms with Gasteiger partial charge in [0.2, 0.25) is 0 Å². The molecule has 1 rings (SSSR count). The molecule has 0 aliphatic heterocycles. The number of thiocarbonyl (C=S) groups is 1. The van der Waals surface area contributed by atoms with Gasteiger partial charge in [-0.3, -0.25) is 0 Å². The number of rotatable bonds is 2. The van der Waals surface area contributed by atoms with Crippen molar-refractivity contribution in [2.24, 2.45) is 5.73 Å². The van der Waals surface area contributed by atoms with Gasteiger partial charge in [-0.15, -0.1) is 0 Å². The van der Waals surface area contributed by atoms with Crippen LogP contribution < -0.4 is 10.6 Å². The number of nitrogens with zero attached hydrogens (tertiary/aromatic N) is 1. The lowest BCUT2D eigenvalue weighted by molar-refractivity contribution is 1.06. The van der Waals surface area contributed by atoms with Crippen LogP contribution in [0.4, 0.5) is 5.69 Å². The molecular weight excluding hydrogens is 180 g/mol. The largest absolute Gasteiger partial charge is 0.376 e. The zero-order valence-corrected chi connectivity index (χ0v) is 8.77. The Balaban J connectivity index is 2.98. The third-order valence-corrected chi connectivity index (χ3v) is 2.12. The van der Waals surface area contributed by atoms with Gasteiger partial charge in [0.15, 0.2) is 5.11 Å². The molecule has 0 saturated heterocycles. The van der Waals surface area contributed by atoms with Gasteiger partial charge in [-0.2, -0.15) is 0 Å². The average Bonchev–Trinajstić information content (AvgIpc) is 2.04. The van der Waals surface area contributed by atoms with Crippen molar-refractivity contribution < 1.29 is 0 Å². The van der Waals surface area contributed by atoms with Crippen LogP contribution in [0.2, 0.25) is 0 Å². The van der Waals surface area contributed by atoms with Gasteiger partial charge < -0.3 is 10.6 Å². The van der Waals surface area contributed by atoms with Crippen molar-refractivity contribution >= 4 is 23.0 Å². The average molecular weight is 194 g/mol. The van der Waals surface area contributed by atoms with Gasteiger partial charge in [0.05, 0.1) is 0 Å². The highest BCUT2D eigenvalue weighted by molar-refractivity contribution is 7.80. The van der Waals surface area contributed by atoms with Gasteiger partial charge in [-0.25, -0.2) is 0 Å². The highest BCUT2D eigenvalue weighted by Crippen LogP contribution is 2.15. The Labute approximate surface area is 84.3 Å². The topological polar surface area (TPSA) is 29.3 Å². The normalized spacial score (nSPS) is 9.69. The maximum absolute atomic E-state index is 5.59. The maximum Gasteiger partial charge on any atom is 0.170 e. The smallest absolute Gasteiger partial charge is 0.170 e. The Morgan fingerprint density at radius 2 is 2.23 bits per heavy atom. The predicted octanol–water partition coefficient (Wildman–Crippen LogP) is 2.06. The van der Waals surface area contributed by atoms with Gasteiger partial charge in [0.25, 0.3) is 0 Å². The quantitative estimate of drug-likeness (QED) is 0.731. The van der Waals surface area contributed by atoms with E-state index < -0.39 is 0 Å². The maximum atomic E-state index is 5.59. The van der Waals surface area contributed by atoms with Crippen LogP contribution in [0.1, 0.15) is 12.5 Å². The second kappa shape index (κ2) is 4.23. The van der Waals surface area contributed by atoms with E-state index >= 15 is 0 Å². The van der Waals surface area contributed by atoms with E-state index in [1.165, 1.54) is 5.56 Å². The fourth-order valence-corrected chi connectivity index (χ4v) is 1.50. The zero-order valence-electron chi connectivity index (χ0n) is 7.95. The first-order chi connectivity index (χ1) is 6.15. The van der Waals surface area contributed by atoms with Gasteiger partial charge in [-0.05, 0) is 43.8 Å². The van der Waals surface area contributed by atoms with Crippen molar-refractivity contribution in [3.8, 4) is 0 Å². The second-order valence-corrected chi connectivity index (χ2v) is 3.34. The molecule has 0 aliphatic carbocycles. The van der Waals surface area contributed by atoms with Crippen molar-refractivity contribution in [2.45, 2.75) is 13.8 Å². The van der Waals surface area contributed by atoms with Crippen LogP contribution in [-0.4, -0.2) is 11.7 Å². The molecule has 1 aromatic carbocycles. The summed E-state index contributed by atoms with van der Waals surface area (Å²) in [5.74, 6) is 0. The molecule has 2 nitrogen and oxygen atoms in total. The van der Waals surface area contributed by atoms with E-state index in [2.05, 4.69) is 19.1 Å². The number of aryl methyl sites for hydroxylation is 1. The summed E-state index contributed by atoms with van der Waals surface area (Å²) in [5, 5.41) is 0.424. The van der Waals surface area contributed by atoms with Crippen LogP contribution >= 0.6 is 12.2 Å². The molecule has 0 unspecified atom stereocenters. The van der Waals surface area contributed by atoms with Crippen molar-refractivity contribution in [1.82, 2.24) is 0 Å². The molecule has 13 heavy (non-hydrogen) atoms. The lowest BCUT2D eigenvalue weighted by Gasteiger charge is -2.20. The van der Waals surface area contributed by atoms with Crippen molar-refractivity contribution in [2.75, 3.05) is 11.4 Å². The van der Waals surface area contributed by atoms with Crippen LogP contribution in [0.25, 0.3) is 0 Å². The highest BCUT2D eigenvalue weighted by atomic mass is 32.1. The Morgan fingerprint density at radius 1 is 1.54 bits per heavy atom. The molecule has 0 saturated carbocycles. The van der Waals surface area contributed by atoms with Crippen LogP contribution in [0.5, 0.6) is 0 Å². The van der Waals surface area contributed by atoms with E-state index in [0.717, 1.165) is 12.2 Å². The van der Waals surface area contributed by atoms with Gasteiger partial charge in [0.1, 0.15) is 0 Å². The lowest BCUT2D eigenvalue weighted by atomic mass is 10.2. The summed E-state index contributed by atoms with van der Waals surface area (Å²) in [4.78, 5) is 1.91. The summed E-state index contributed by atoms with van der Waals surface area (Å²) in [6.45, 7) is 4.89. The van der Waals surface area contributed by atoms with E-state index in [1.54, 1.807) is 0 Å². The molecule has 0 aromatic heterocycles. The molecule has 70 valence electrons. The zero-order chi connectivity index (χ0) is 9.84. The van der Waals surface area contributed by atoms with Gasteiger partial charge in [-0.1, -0.05) is 12.1 Å². The number of nitrogens with two attached hydrogens (primary N) is 1.